The first kappa shape index (κ1) is 11.5. The van der Waals surface area contributed by atoms with Crippen LogP contribution < -0.4 is 10.5 Å². The Morgan fingerprint density at radius 1 is 1.18 bits per heavy atom. The molecule has 88 valence electrons. The number of nitrogens with zero attached hydrogens (tertiary/aromatic N) is 1. The van der Waals surface area contributed by atoms with Crippen molar-refractivity contribution in [2.45, 2.75) is 20.0 Å². The zero-order valence-corrected chi connectivity index (χ0v) is 10.1. The van der Waals surface area contributed by atoms with Crippen LogP contribution in [0.1, 0.15) is 13.8 Å². The molecule has 1 aromatic heterocycles. The molecule has 1 aromatic carbocycles. The third kappa shape index (κ3) is 2.97. The summed E-state index contributed by atoms with van der Waals surface area (Å²) in [7, 11) is 0. The monoisotopic (exact) mass is 228 g/mol. The van der Waals surface area contributed by atoms with Gasteiger partial charge in [0.05, 0.1) is 23.7 Å². The van der Waals surface area contributed by atoms with Crippen molar-refractivity contribution in [3.63, 3.8) is 0 Å². The van der Waals surface area contributed by atoms with Crippen molar-refractivity contribution in [1.82, 2.24) is 4.98 Å². The van der Waals surface area contributed by atoms with E-state index in [0.29, 0.717) is 5.69 Å². The van der Waals surface area contributed by atoms with Gasteiger partial charge in [-0.15, -0.1) is 0 Å². The maximum absolute atomic E-state index is 5.65. The zero-order valence-electron chi connectivity index (χ0n) is 10.1. The lowest BCUT2D eigenvalue weighted by molar-refractivity contribution is 0.242. The smallest absolute Gasteiger partial charge is 0.120 e. The topological polar surface area (TPSA) is 48.1 Å². The SMILES string of the molecule is CC(C)Oc1cccc(-c2ccc(N)cn2)c1. The Kier molecular flexibility index (Phi) is 3.28. The third-order valence-electron chi connectivity index (χ3n) is 2.29. The van der Waals surface area contributed by atoms with Gasteiger partial charge in [0.1, 0.15) is 5.75 Å². The van der Waals surface area contributed by atoms with Crippen molar-refractivity contribution in [1.29, 1.82) is 0 Å². The second-order valence-corrected chi connectivity index (χ2v) is 4.17. The van der Waals surface area contributed by atoms with E-state index in [2.05, 4.69) is 4.98 Å². The van der Waals surface area contributed by atoms with Crippen molar-refractivity contribution >= 4 is 5.69 Å². The van der Waals surface area contributed by atoms with Crippen molar-refractivity contribution in [3.8, 4) is 17.0 Å². The van der Waals surface area contributed by atoms with Crippen molar-refractivity contribution in [2.75, 3.05) is 5.73 Å². The van der Waals surface area contributed by atoms with Crippen molar-refractivity contribution in [3.05, 3.63) is 42.6 Å². The number of benzene rings is 1. The lowest BCUT2D eigenvalue weighted by atomic mass is 10.1. The summed E-state index contributed by atoms with van der Waals surface area (Å²) < 4.78 is 5.65. The lowest BCUT2D eigenvalue weighted by Gasteiger charge is -2.10. The highest BCUT2D eigenvalue weighted by Crippen LogP contribution is 2.23. The molecule has 2 rings (SSSR count). The van der Waals surface area contributed by atoms with Crippen molar-refractivity contribution in [2.24, 2.45) is 0 Å². The van der Waals surface area contributed by atoms with E-state index >= 15 is 0 Å². The molecule has 0 aliphatic carbocycles. The van der Waals surface area contributed by atoms with E-state index in [1.807, 2.05) is 50.2 Å². The first-order valence-corrected chi connectivity index (χ1v) is 5.64. The van der Waals surface area contributed by atoms with Crippen LogP contribution in [-0.4, -0.2) is 11.1 Å². The largest absolute Gasteiger partial charge is 0.491 e. The van der Waals surface area contributed by atoms with E-state index in [-0.39, 0.29) is 6.10 Å². The van der Waals surface area contributed by atoms with Gasteiger partial charge in [-0.25, -0.2) is 0 Å². The van der Waals surface area contributed by atoms with Crippen LogP contribution in [0.5, 0.6) is 5.75 Å². The summed E-state index contributed by atoms with van der Waals surface area (Å²) in [5.74, 6) is 0.858. The number of anilines is 1. The van der Waals surface area contributed by atoms with E-state index in [4.69, 9.17) is 10.5 Å². The second-order valence-electron chi connectivity index (χ2n) is 4.17. The number of hydrogen-bond donors (Lipinski definition) is 1. The van der Waals surface area contributed by atoms with Gasteiger partial charge in [0, 0.05) is 5.56 Å². The third-order valence-corrected chi connectivity index (χ3v) is 2.29. The first-order chi connectivity index (χ1) is 8.15. The van der Waals surface area contributed by atoms with Crippen LogP contribution in [0, 0.1) is 0 Å². The predicted octanol–water partition coefficient (Wildman–Crippen LogP) is 3.12. The molecule has 0 saturated heterocycles. The minimum atomic E-state index is 0.171. The normalized spacial score (nSPS) is 10.5. The summed E-state index contributed by atoms with van der Waals surface area (Å²) in [6.07, 6.45) is 1.83. The van der Waals surface area contributed by atoms with Crippen LogP contribution in [0.3, 0.4) is 0 Å². The molecule has 17 heavy (non-hydrogen) atoms. The minimum Gasteiger partial charge on any atom is -0.491 e. The summed E-state index contributed by atoms with van der Waals surface area (Å²) in [5, 5.41) is 0. The van der Waals surface area contributed by atoms with Gasteiger partial charge in [-0.3, -0.25) is 4.98 Å². The molecule has 0 radical (unpaired) electrons. The van der Waals surface area contributed by atoms with Gasteiger partial charge in [-0.05, 0) is 38.1 Å². The highest BCUT2D eigenvalue weighted by molar-refractivity contribution is 5.62. The molecule has 0 aliphatic rings. The number of nitrogen functional groups attached to an aromatic ring is 1. The molecule has 0 aliphatic heterocycles. The van der Waals surface area contributed by atoms with Crippen LogP contribution in [0.2, 0.25) is 0 Å². The van der Waals surface area contributed by atoms with E-state index in [0.717, 1.165) is 17.0 Å². The van der Waals surface area contributed by atoms with E-state index in [9.17, 15) is 0 Å². The van der Waals surface area contributed by atoms with Gasteiger partial charge in [0.25, 0.3) is 0 Å². The fourth-order valence-corrected chi connectivity index (χ4v) is 1.58. The molecule has 3 heteroatoms. The Bertz CT molecular complexity index is 492. The Hall–Kier alpha value is -2.03. The quantitative estimate of drug-likeness (QED) is 0.878. The summed E-state index contributed by atoms with van der Waals surface area (Å²) in [5.41, 5.74) is 8.21. The Morgan fingerprint density at radius 3 is 2.65 bits per heavy atom. The molecule has 0 atom stereocenters. The standard InChI is InChI=1S/C14H16N2O/c1-10(2)17-13-5-3-4-11(8-13)14-7-6-12(15)9-16-14/h3-10H,15H2,1-2H3. The maximum Gasteiger partial charge on any atom is 0.120 e. The fraction of sp³-hybridized carbons (Fsp3) is 0.214. The number of pyridine rings is 1. The molecule has 0 saturated carbocycles. The maximum atomic E-state index is 5.65. The first-order valence-electron chi connectivity index (χ1n) is 5.64. The van der Waals surface area contributed by atoms with Gasteiger partial charge in [-0.1, -0.05) is 12.1 Å². The summed E-state index contributed by atoms with van der Waals surface area (Å²) in [6, 6.07) is 11.7. The molecular formula is C14H16N2O. The lowest BCUT2D eigenvalue weighted by Crippen LogP contribution is -2.05. The summed E-state index contributed by atoms with van der Waals surface area (Å²) in [6.45, 7) is 4.02. The van der Waals surface area contributed by atoms with E-state index < -0.39 is 0 Å². The average molecular weight is 228 g/mol. The molecular weight excluding hydrogens is 212 g/mol. The molecule has 1 heterocycles. The number of rotatable bonds is 3. The molecule has 0 spiro atoms. The summed E-state index contributed by atoms with van der Waals surface area (Å²) >= 11 is 0. The van der Waals surface area contributed by atoms with Gasteiger partial charge >= 0.3 is 0 Å². The molecule has 0 fully saturated rings. The Balaban J connectivity index is 2.29. The van der Waals surface area contributed by atoms with Crippen LogP contribution in [-0.2, 0) is 0 Å². The number of nitrogens with two attached hydrogens (primary N) is 1. The van der Waals surface area contributed by atoms with Crippen molar-refractivity contribution < 1.29 is 4.74 Å². The molecule has 2 N–H and O–H groups in total. The number of hydrogen-bond acceptors (Lipinski definition) is 3. The number of ether oxygens (including phenoxy) is 1. The van der Waals surface area contributed by atoms with E-state index in [1.54, 1.807) is 6.20 Å². The zero-order chi connectivity index (χ0) is 12.3. The fourth-order valence-electron chi connectivity index (χ4n) is 1.58. The van der Waals surface area contributed by atoms with Crippen LogP contribution in [0.25, 0.3) is 11.3 Å². The molecule has 0 amide bonds. The number of aromatic nitrogens is 1. The molecule has 2 aromatic rings. The van der Waals surface area contributed by atoms with Gasteiger partial charge < -0.3 is 10.5 Å². The Labute approximate surface area is 101 Å². The van der Waals surface area contributed by atoms with Gasteiger partial charge in [0.2, 0.25) is 0 Å². The highest BCUT2D eigenvalue weighted by Gasteiger charge is 2.02. The molecule has 0 unspecified atom stereocenters. The highest BCUT2D eigenvalue weighted by atomic mass is 16.5. The minimum absolute atomic E-state index is 0.171. The second kappa shape index (κ2) is 4.87. The Morgan fingerprint density at radius 2 is 2.00 bits per heavy atom. The van der Waals surface area contributed by atoms with Gasteiger partial charge in [-0.2, -0.15) is 0 Å². The van der Waals surface area contributed by atoms with Gasteiger partial charge in [0.15, 0.2) is 0 Å². The molecule has 0 bridgehead atoms. The van der Waals surface area contributed by atoms with E-state index in [1.165, 1.54) is 0 Å². The summed E-state index contributed by atoms with van der Waals surface area (Å²) in [4.78, 5) is 4.29. The van der Waals surface area contributed by atoms with Crippen LogP contribution in [0.4, 0.5) is 5.69 Å². The molecule has 3 nitrogen and oxygen atoms in total. The predicted molar refractivity (Wildman–Crippen MR) is 69.8 cm³/mol. The van der Waals surface area contributed by atoms with Crippen LogP contribution in [0.15, 0.2) is 42.6 Å². The average Bonchev–Trinajstić information content (AvgIpc) is 2.29. The van der Waals surface area contributed by atoms with Crippen LogP contribution >= 0.6 is 0 Å².